The predicted molar refractivity (Wildman–Crippen MR) is 74.5 cm³/mol. The van der Waals surface area contributed by atoms with Crippen LogP contribution in [-0.4, -0.2) is 23.2 Å². The lowest BCUT2D eigenvalue weighted by molar-refractivity contribution is -0.249. The lowest BCUT2D eigenvalue weighted by Crippen LogP contribution is -2.46. The Bertz CT molecular complexity index is 288. The summed E-state index contributed by atoms with van der Waals surface area (Å²) in [6, 6.07) is 0. The Labute approximate surface area is 122 Å². The summed E-state index contributed by atoms with van der Waals surface area (Å²) in [7, 11) is 0. The van der Waals surface area contributed by atoms with Crippen molar-refractivity contribution < 1.29 is 17.9 Å². The Morgan fingerprint density at radius 3 is 2.00 bits per heavy atom. The molecule has 0 amide bonds. The standard InChI is InChI=1S/C14H24BrF3O/c1-10(14(16,17)18)19-13(9-15)7-5-11(6-8-13)12(2,3)4/h10-11H,5-9H2,1-4H3. The second kappa shape index (κ2) is 5.92. The van der Waals surface area contributed by atoms with Crippen molar-refractivity contribution in [2.24, 2.45) is 11.3 Å². The average molecular weight is 345 g/mol. The second-order valence-corrected chi connectivity index (χ2v) is 7.32. The number of rotatable bonds is 3. The highest BCUT2D eigenvalue weighted by Crippen LogP contribution is 2.44. The molecule has 1 aliphatic rings. The molecule has 1 rings (SSSR count). The molecule has 1 nitrogen and oxygen atoms in total. The molecule has 1 atom stereocenters. The summed E-state index contributed by atoms with van der Waals surface area (Å²) < 4.78 is 43.3. The van der Waals surface area contributed by atoms with E-state index < -0.39 is 17.9 Å². The van der Waals surface area contributed by atoms with Gasteiger partial charge in [-0.3, -0.25) is 0 Å². The Balaban J connectivity index is 2.66. The van der Waals surface area contributed by atoms with Crippen LogP contribution in [0.25, 0.3) is 0 Å². The van der Waals surface area contributed by atoms with E-state index in [1.807, 2.05) is 0 Å². The molecule has 5 heteroatoms. The van der Waals surface area contributed by atoms with E-state index in [0.29, 0.717) is 24.1 Å². The van der Waals surface area contributed by atoms with E-state index in [1.54, 1.807) is 0 Å². The summed E-state index contributed by atoms with van der Waals surface area (Å²) in [5, 5.41) is 0.470. The van der Waals surface area contributed by atoms with Crippen LogP contribution in [0.2, 0.25) is 0 Å². The summed E-state index contributed by atoms with van der Waals surface area (Å²) in [6.07, 6.45) is -2.73. The van der Waals surface area contributed by atoms with Crippen molar-refractivity contribution in [2.45, 2.75) is 71.3 Å². The molecular weight excluding hydrogens is 321 g/mol. The molecule has 0 aromatic rings. The van der Waals surface area contributed by atoms with Gasteiger partial charge in [0.25, 0.3) is 0 Å². The summed E-state index contributed by atoms with van der Waals surface area (Å²) in [4.78, 5) is 0. The molecule has 0 bridgehead atoms. The normalized spacial score (nSPS) is 31.3. The third-order valence-electron chi connectivity index (χ3n) is 4.25. The van der Waals surface area contributed by atoms with Gasteiger partial charge in [-0.1, -0.05) is 36.7 Å². The van der Waals surface area contributed by atoms with Gasteiger partial charge < -0.3 is 4.74 Å². The fourth-order valence-corrected chi connectivity index (χ4v) is 3.43. The number of hydrogen-bond donors (Lipinski definition) is 0. The van der Waals surface area contributed by atoms with Gasteiger partial charge in [-0.2, -0.15) is 13.2 Å². The molecule has 114 valence electrons. The van der Waals surface area contributed by atoms with Crippen LogP contribution in [0.4, 0.5) is 13.2 Å². The predicted octanol–water partition coefficient (Wildman–Crippen LogP) is 5.32. The van der Waals surface area contributed by atoms with Crippen LogP contribution < -0.4 is 0 Å². The van der Waals surface area contributed by atoms with Crippen molar-refractivity contribution in [3.05, 3.63) is 0 Å². The van der Waals surface area contributed by atoms with Crippen LogP contribution in [-0.2, 0) is 4.74 Å². The lowest BCUT2D eigenvalue weighted by atomic mass is 9.69. The van der Waals surface area contributed by atoms with Crippen molar-refractivity contribution in [3.63, 3.8) is 0 Å². The molecule has 0 radical (unpaired) electrons. The van der Waals surface area contributed by atoms with E-state index in [4.69, 9.17) is 4.74 Å². The second-order valence-electron chi connectivity index (χ2n) is 6.76. The minimum absolute atomic E-state index is 0.216. The highest BCUT2D eigenvalue weighted by molar-refractivity contribution is 9.09. The van der Waals surface area contributed by atoms with Crippen molar-refractivity contribution >= 4 is 15.9 Å². The van der Waals surface area contributed by atoms with Gasteiger partial charge in [0.05, 0.1) is 5.60 Å². The van der Waals surface area contributed by atoms with E-state index in [2.05, 4.69) is 36.7 Å². The molecule has 1 unspecified atom stereocenters. The third-order valence-corrected chi connectivity index (χ3v) is 5.27. The molecule has 1 saturated carbocycles. The third kappa shape index (κ3) is 4.62. The number of alkyl halides is 4. The van der Waals surface area contributed by atoms with Crippen LogP contribution in [0.5, 0.6) is 0 Å². The van der Waals surface area contributed by atoms with Crippen LogP contribution in [0.1, 0.15) is 53.4 Å². The van der Waals surface area contributed by atoms with E-state index in [1.165, 1.54) is 0 Å². The molecule has 0 saturated heterocycles. The fraction of sp³-hybridized carbons (Fsp3) is 1.00. The molecule has 0 aromatic heterocycles. The zero-order chi connectivity index (χ0) is 14.9. The quantitative estimate of drug-likeness (QED) is 0.629. The highest BCUT2D eigenvalue weighted by Gasteiger charge is 2.45. The van der Waals surface area contributed by atoms with Gasteiger partial charge in [-0.25, -0.2) is 0 Å². The SMILES string of the molecule is CC(OC1(CBr)CCC(C(C)(C)C)CC1)C(F)(F)F. The average Bonchev–Trinajstić information content (AvgIpc) is 2.27. The first-order valence-electron chi connectivity index (χ1n) is 6.81. The van der Waals surface area contributed by atoms with E-state index in [9.17, 15) is 13.2 Å². The summed E-state index contributed by atoms with van der Waals surface area (Å²) >= 11 is 3.34. The Morgan fingerprint density at radius 1 is 1.21 bits per heavy atom. The first-order chi connectivity index (χ1) is 8.50. The Hall–Kier alpha value is 0.230. The summed E-state index contributed by atoms with van der Waals surface area (Å²) in [5.74, 6) is 0.560. The molecule has 0 heterocycles. The molecule has 0 aliphatic heterocycles. The van der Waals surface area contributed by atoms with Crippen LogP contribution in [0.15, 0.2) is 0 Å². The Kier molecular flexibility index (Phi) is 5.39. The van der Waals surface area contributed by atoms with Gasteiger partial charge in [-0.05, 0) is 43.9 Å². The minimum Gasteiger partial charge on any atom is -0.362 e. The zero-order valence-corrected chi connectivity index (χ0v) is 13.7. The number of ether oxygens (including phenoxy) is 1. The smallest absolute Gasteiger partial charge is 0.362 e. The first kappa shape index (κ1) is 17.3. The molecule has 19 heavy (non-hydrogen) atoms. The minimum atomic E-state index is -4.28. The monoisotopic (exact) mass is 344 g/mol. The maximum atomic E-state index is 12.6. The van der Waals surface area contributed by atoms with Gasteiger partial charge in [0.2, 0.25) is 0 Å². The van der Waals surface area contributed by atoms with Gasteiger partial charge in [0.15, 0.2) is 6.10 Å². The maximum Gasteiger partial charge on any atom is 0.414 e. The Morgan fingerprint density at radius 2 is 1.68 bits per heavy atom. The molecule has 0 N–H and O–H groups in total. The lowest BCUT2D eigenvalue weighted by Gasteiger charge is -2.44. The van der Waals surface area contributed by atoms with Crippen molar-refractivity contribution in [1.82, 2.24) is 0 Å². The van der Waals surface area contributed by atoms with Gasteiger partial charge >= 0.3 is 6.18 Å². The fourth-order valence-electron chi connectivity index (χ4n) is 2.73. The van der Waals surface area contributed by atoms with Gasteiger partial charge in [-0.15, -0.1) is 0 Å². The van der Waals surface area contributed by atoms with E-state index in [-0.39, 0.29) is 5.41 Å². The molecular formula is C14H24BrF3O. The summed E-state index contributed by atoms with van der Waals surface area (Å²) in [5.41, 5.74) is -0.440. The number of hydrogen-bond acceptors (Lipinski definition) is 1. The first-order valence-corrected chi connectivity index (χ1v) is 7.93. The van der Waals surface area contributed by atoms with Crippen LogP contribution in [0, 0.1) is 11.3 Å². The van der Waals surface area contributed by atoms with Gasteiger partial charge in [0, 0.05) is 5.33 Å². The molecule has 0 aromatic carbocycles. The summed E-state index contributed by atoms with van der Waals surface area (Å²) in [6.45, 7) is 7.67. The van der Waals surface area contributed by atoms with Crippen molar-refractivity contribution in [1.29, 1.82) is 0 Å². The van der Waals surface area contributed by atoms with Crippen molar-refractivity contribution in [3.8, 4) is 0 Å². The van der Waals surface area contributed by atoms with Gasteiger partial charge in [0.1, 0.15) is 0 Å². The molecule has 0 spiro atoms. The molecule has 1 aliphatic carbocycles. The van der Waals surface area contributed by atoms with E-state index in [0.717, 1.165) is 19.8 Å². The van der Waals surface area contributed by atoms with Crippen LogP contribution >= 0.6 is 15.9 Å². The zero-order valence-electron chi connectivity index (χ0n) is 12.1. The number of halogens is 4. The topological polar surface area (TPSA) is 9.23 Å². The maximum absolute atomic E-state index is 12.6. The van der Waals surface area contributed by atoms with Crippen molar-refractivity contribution in [2.75, 3.05) is 5.33 Å². The van der Waals surface area contributed by atoms with E-state index >= 15 is 0 Å². The van der Waals surface area contributed by atoms with Crippen LogP contribution in [0.3, 0.4) is 0 Å². The largest absolute Gasteiger partial charge is 0.414 e. The molecule has 1 fully saturated rings. The highest BCUT2D eigenvalue weighted by atomic mass is 79.9.